The number of likely N-dealkylation sites (N-methyl/N-ethyl adjacent to an activating group) is 1. The fourth-order valence-corrected chi connectivity index (χ4v) is 3.85. The van der Waals surface area contributed by atoms with E-state index in [4.69, 9.17) is 0 Å². The van der Waals surface area contributed by atoms with Crippen molar-refractivity contribution in [3.63, 3.8) is 0 Å². The van der Waals surface area contributed by atoms with Gasteiger partial charge in [-0.3, -0.25) is 9.59 Å². The van der Waals surface area contributed by atoms with Crippen molar-refractivity contribution in [2.45, 2.75) is 19.3 Å². The number of H-pyrrole nitrogens is 1. The molecule has 2 aromatic rings. The van der Waals surface area contributed by atoms with Crippen LogP contribution in [0.25, 0.3) is 10.2 Å². The van der Waals surface area contributed by atoms with Crippen molar-refractivity contribution in [3.8, 4) is 0 Å². The summed E-state index contributed by atoms with van der Waals surface area (Å²) in [7, 11) is 3.87. The Bertz CT molecular complexity index is 747. The summed E-state index contributed by atoms with van der Waals surface area (Å²) in [5.41, 5.74) is 0.931. The van der Waals surface area contributed by atoms with E-state index < -0.39 is 0 Å². The van der Waals surface area contributed by atoms with Crippen LogP contribution < -0.4 is 10.9 Å². The summed E-state index contributed by atoms with van der Waals surface area (Å²) in [5.74, 6) is -0.226. The largest absolute Gasteiger partial charge is 0.348 e. The van der Waals surface area contributed by atoms with Crippen LogP contribution in [0.3, 0.4) is 0 Å². The van der Waals surface area contributed by atoms with Gasteiger partial charge in [0.15, 0.2) is 0 Å². The Kier molecular flexibility index (Phi) is 3.77. The highest BCUT2D eigenvalue weighted by atomic mass is 32.1. The number of hydrogen-bond acceptors (Lipinski definition) is 5. The van der Waals surface area contributed by atoms with Crippen molar-refractivity contribution >= 4 is 27.5 Å². The highest BCUT2D eigenvalue weighted by molar-refractivity contribution is 7.18. The van der Waals surface area contributed by atoms with Gasteiger partial charge >= 0.3 is 0 Å². The third-order valence-electron chi connectivity index (χ3n) is 3.63. The number of carbonyl (C=O) groups excluding carboxylic acids is 1. The summed E-state index contributed by atoms with van der Waals surface area (Å²) in [6, 6.07) is 0. The van der Waals surface area contributed by atoms with E-state index in [1.54, 1.807) is 11.3 Å². The minimum atomic E-state index is -0.329. The molecule has 6 nitrogen and oxygen atoms in total. The molecule has 1 amide bonds. The van der Waals surface area contributed by atoms with Crippen molar-refractivity contribution in [1.29, 1.82) is 0 Å². The summed E-state index contributed by atoms with van der Waals surface area (Å²) < 4.78 is 0. The Morgan fingerprint density at radius 3 is 3.00 bits per heavy atom. The molecule has 0 radical (unpaired) electrons. The lowest BCUT2D eigenvalue weighted by molar-refractivity contribution is 0.0941. The molecule has 1 aliphatic carbocycles. The van der Waals surface area contributed by atoms with Gasteiger partial charge < -0.3 is 15.2 Å². The number of amides is 1. The van der Waals surface area contributed by atoms with Crippen LogP contribution in [0.15, 0.2) is 4.79 Å². The zero-order chi connectivity index (χ0) is 15.0. The molecule has 0 fully saturated rings. The highest BCUT2D eigenvalue weighted by Crippen LogP contribution is 2.34. The van der Waals surface area contributed by atoms with Crippen LogP contribution in [-0.2, 0) is 12.8 Å². The van der Waals surface area contributed by atoms with Gasteiger partial charge in [-0.2, -0.15) is 0 Å². The molecule has 3 rings (SSSR count). The number of nitrogens with zero attached hydrogens (tertiary/aromatic N) is 2. The molecule has 0 bridgehead atoms. The maximum absolute atomic E-state index is 12.2. The minimum Gasteiger partial charge on any atom is -0.348 e. The van der Waals surface area contributed by atoms with Gasteiger partial charge in [0.1, 0.15) is 4.83 Å². The normalized spacial score (nSPS) is 13.9. The Hall–Kier alpha value is -1.73. The summed E-state index contributed by atoms with van der Waals surface area (Å²) in [6.45, 7) is 1.26. The average Bonchev–Trinajstić information content (AvgIpc) is 2.97. The van der Waals surface area contributed by atoms with E-state index in [1.807, 2.05) is 19.0 Å². The molecule has 2 aromatic heterocycles. The van der Waals surface area contributed by atoms with Gasteiger partial charge in [0.25, 0.3) is 11.5 Å². The molecule has 0 aliphatic heterocycles. The lowest BCUT2D eigenvalue weighted by Crippen LogP contribution is -2.33. The van der Waals surface area contributed by atoms with E-state index in [2.05, 4.69) is 15.3 Å². The average molecular weight is 306 g/mol. The molecule has 0 spiro atoms. The number of rotatable bonds is 4. The molecule has 21 heavy (non-hydrogen) atoms. The Morgan fingerprint density at radius 1 is 1.43 bits per heavy atom. The van der Waals surface area contributed by atoms with Gasteiger partial charge in [-0.05, 0) is 38.9 Å². The monoisotopic (exact) mass is 306 g/mol. The van der Waals surface area contributed by atoms with Gasteiger partial charge in [0, 0.05) is 18.0 Å². The maximum atomic E-state index is 12.2. The Labute approximate surface area is 126 Å². The van der Waals surface area contributed by atoms with Gasteiger partial charge in [0.2, 0.25) is 5.82 Å². The molecule has 0 saturated carbocycles. The van der Waals surface area contributed by atoms with Crippen LogP contribution in [-0.4, -0.2) is 48.0 Å². The third kappa shape index (κ3) is 2.71. The fourth-order valence-electron chi connectivity index (χ4n) is 2.59. The number of aromatic nitrogens is 2. The first kappa shape index (κ1) is 14.2. The van der Waals surface area contributed by atoms with Crippen LogP contribution in [0.4, 0.5) is 0 Å². The standard InChI is InChI=1S/C14H18N4O2S/c1-18(2)7-6-15-13(20)11-16-12(19)10-8-4-3-5-9(8)21-14(10)17-11/h3-7H2,1-2H3,(H,15,20)(H,16,17,19). The van der Waals surface area contributed by atoms with Gasteiger partial charge in [0.05, 0.1) is 5.39 Å². The summed E-state index contributed by atoms with van der Waals surface area (Å²) in [4.78, 5) is 35.1. The van der Waals surface area contributed by atoms with E-state index in [1.165, 1.54) is 4.88 Å². The molecule has 0 saturated heterocycles. The minimum absolute atomic E-state index is 0.103. The molecule has 7 heteroatoms. The summed E-state index contributed by atoms with van der Waals surface area (Å²) >= 11 is 1.54. The van der Waals surface area contributed by atoms with Crippen molar-refractivity contribution in [1.82, 2.24) is 20.2 Å². The lowest BCUT2D eigenvalue weighted by Gasteiger charge is -2.09. The number of thiophene rings is 1. The van der Waals surface area contributed by atoms with Gasteiger partial charge in [-0.15, -0.1) is 11.3 Å². The molecule has 0 unspecified atom stereocenters. The molecule has 2 heterocycles. The highest BCUT2D eigenvalue weighted by Gasteiger charge is 2.22. The molecule has 1 aliphatic rings. The van der Waals surface area contributed by atoms with E-state index in [0.29, 0.717) is 16.8 Å². The molecule has 2 N–H and O–H groups in total. The van der Waals surface area contributed by atoms with E-state index in [-0.39, 0.29) is 17.3 Å². The van der Waals surface area contributed by atoms with Gasteiger partial charge in [-0.25, -0.2) is 4.98 Å². The molecule has 0 atom stereocenters. The number of nitrogens with one attached hydrogen (secondary N) is 2. The van der Waals surface area contributed by atoms with Crippen molar-refractivity contribution in [2.24, 2.45) is 0 Å². The number of carbonyl (C=O) groups is 1. The van der Waals surface area contributed by atoms with Crippen LogP contribution in [0.5, 0.6) is 0 Å². The second-order valence-electron chi connectivity index (χ2n) is 5.51. The summed E-state index contributed by atoms with van der Waals surface area (Å²) in [6.07, 6.45) is 3.05. The number of hydrogen-bond donors (Lipinski definition) is 2. The van der Waals surface area contributed by atoms with Crippen LogP contribution in [0.2, 0.25) is 0 Å². The Morgan fingerprint density at radius 2 is 2.24 bits per heavy atom. The van der Waals surface area contributed by atoms with Crippen molar-refractivity contribution in [2.75, 3.05) is 27.2 Å². The van der Waals surface area contributed by atoms with Crippen molar-refractivity contribution in [3.05, 3.63) is 26.6 Å². The second kappa shape index (κ2) is 5.57. The van der Waals surface area contributed by atoms with Crippen LogP contribution >= 0.6 is 11.3 Å². The zero-order valence-electron chi connectivity index (χ0n) is 12.2. The number of fused-ring (bicyclic) bond motifs is 3. The second-order valence-corrected chi connectivity index (χ2v) is 6.59. The number of aromatic amines is 1. The van der Waals surface area contributed by atoms with E-state index >= 15 is 0 Å². The van der Waals surface area contributed by atoms with Crippen molar-refractivity contribution < 1.29 is 4.79 Å². The first-order chi connectivity index (χ1) is 10.1. The quantitative estimate of drug-likeness (QED) is 0.874. The van der Waals surface area contributed by atoms with Crippen LogP contribution in [0.1, 0.15) is 27.5 Å². The molecule has 0 aromatic carbocycles. The predicted octanol–water partition coefficient (Wildman–Crippen LogP) is 0.765. The summed E-state index contributed by atoms with van der Waals surface area (Å²) in [5, 5.41) is 3.44. The van der Waals surface area contributed by atoms with E-state index in [0.717, 1.165) is 31.4 Å². The fraction of sp³-hybridized carbons (Fsp3) is 0.500. The van der Waals surface area contributed by atoms with Gasteiger partial charge in [-0.1, -0.05) is 0 Å². The smallest absolute Gasteiger partial charge is 0.287 e. The van der Waals surface area contributed by atoms with E-state index in [9.17, 15) is 9.59 Å². The molecular formula is C14H18N4O2S. The third-order valence-corrected chi connectivity index (χ3v) is 4.82. The first-order valence-electron chi connectivity index (χ1n) is 7.04. The zero-order valence-corrected chi connectivity index (χ0v) is 13.0. The lowest BCUT2D eigenvalue weighted by atomic mass is 10.2. The molecular weight excluding hydrogens is 288 g/mol. The predicted molar refractivity (Wildman–Crippen MR) is 83.2 cm³/mol. The molecule has 112 valence electrons. The topological polar surface area (TPSA) is 78.1 Å². The SMILES string of the molecule is CN(C)CCNC(=O)c1nc2sc3c(c2c(=O)[nH]1)CCC3. The first-order valence-corrected chi connectivity index (χ1v) is 7.85. The Balaban J connectivity index is 1.87. The maximum Gasteiger partial charge on any atom is 0.287 e. The van der Waals surface area contributed by atoms with Crippen LogP contribution in [0, 0.1) is 0 Å². The number of aryl methyl sites for hydroxylation is 2.